The van der Waals surface area contributed by atoms with Gasteiger partial charge in [-0.3, -0.25) is 4.79 Å². The fraction of sp³-hybridized carbons (Fsp3) is 0.133. The SMILES string of the molecule is CSc1cccc(NC(=O)c2cccc(C)c2O)c1. The highest BCUT2D eigenvalue weighted by molar-refractivity contribution is 7.98. The van der Waals surface area contributed by atoms with E-state index >= 15 is 0 Å². The minimum Gasteiger partial charge on any atom is -0.507 e. The summed E-state index contributed by atoms with van der Waals surface area (Å²) in [5.74, 6) is -0.277. The Balaban J connectivity index is 2.23. The van der Waals surface area contributed by atoms with E-state index in [9.17, 15) is 9.90 Å². The van der Waals surface area contributed by atoms with Crippen LogP contribution in [0.25, 0.3) is 0 Å². The number of phenols is 1. The molecule has 0 aliphatic heterocycles. The lowest BCUT2D eigenvalue weighted by atomic mass is 10.1. The molecule has 1 amide bonds. The summed E-state index contributed by atoms with van der Waals surface area (Å²) in [6.07, 6.45) is 1.98. The summed E-state index contributed by atoms with van der Waals surface area (Å²) in [7, 11) is 0. The first-order valence-corrected chi connectivity index (χ1v) is 7.08. The first kappa shape index (κ1) is 13.5. The molecular formula is C15H15NO2S. The quantitative estimate of drug-likeness (QED) is 0.839. The molecule has 0 spiro atoms. The number of aromatic hydroxyl groups is 1. The third-order valence-electron chi connectivity index (χ3n) is 2.81. The molecule has 0 radical (unpaired) electrons. The molecule has 0 unspecified atom stereocenters. The van der Waals surface area contributed by atoms with Gasteiger partial charge >= 0.3 is 0 Å². The standard InChI is InChI=1S/C15H15NO2S/c1-10-5-3-8-13(14(10)17)15(18)16-11-6-4-7-12(9-11)19-2/h3-9,17H,1-2H3,(H,16,18). The van der Waals surface area contributed by atoms with E-state index in [2.05, 4.69) is 5.32 Å². The summed E-state index contributed by atoms with van der Waals surface area (Å²) in [6.45, 7) is 1.76. The van der Waals surface area contributed by atoms with Crippen LogP contribution in [0.4, 0.5) is 5.69 Å². The zero-order chi connectivity index (χ0) is 13.8. The van der Waals surface area contributed by atoms with Crippen LogP contribution in [-0.2, 0) is 0 Å². The molecule has 0 heterocycles. The highest BCUT2D eigenvalue weighted by atomic mass is 32.2. The Morgan fingerprint density at radius 2 is 1.95 bits per heavy atom. The monoisotopic (exact) mass is 273 g/mol. The lowest BCUT2D eigenvalue weighted by molar-refractivity contribution is 0.102. The molecule has 0 aliphatic carbocycles. The number of aryl methyl sites for hydroxylation is 1. The van der Waals surface area contributed by atoms with Gasteiger partial charge in [0.1, 0.15) is 5.75 Å². The van der Waals surface area contributed by atoms with Crippen LogP contribution in [-0.4, -0.2) is 17.3 Å². The fourth-order valence-corrected chi connectivity index (χ4v) is 2.20. The van der Waals surface area contributed by atoms with Crippen LogP contribution in [0.3, 0.4) is 0 Å². The average molecular weight is 273 g/mol. The third kappa shape index (κ3) is 3.09. The fourth-order valence-electron chi connectivity index (χ4n) is 1.74. The summed E-state index contributed by atoms with van der Waals surface area (Å²) < 4.78 is 0. The van der Waals surface area contributed by atoms with Gasteiger partial charge in [0.05, 0.1) is 5.56 Å². The zero-order valence-electron chi connectivity index (χ0n) is 10.8. The van der Waals surface area contributed by atoms with Crippen molar-refractivity contribution >= 4 is 23.4 Å². The van der Waals surface area contributed by atoms with Crippen molar-refractivity contribution in [1.82, 2.24) is 0 Å². The van der Waals surface area contributed by atoms with E-state index in [1.165, 1.54) is 0 Å². The Labute approximate surface area is 116 Å². The molecule has 2 rings (SSSR count). The number of phenolic OH excluding ortho intramolecular Hbond substituents is 1. The highest BCUT2D eigenvalue weighted by Crippen LogP contribution is 2.24. The number of anilines is 1. The van der Waals surface area contributed by atoms with Crippen LogP contribution < -0.4 is 5.32 Å². The second-order valence-electron chi connectivity index (χ2n) is 4.16. The van der Waals surface area contributed by atoms with Gasteiger partial charge in [0.15, 0.2) is 0 Å². The van der Waals surface area contributed by atoms with Crippen molar-refractivity contribution < 1.29 is 9.90 Å². The number of hydrogen-bond acceptors (Lipinski definition) is 3. The van der Waals surface area contributed by atoms with E-state index in [-0.39, 0.29) is 17.2 Å². The van der Waals surface area contributed by atoms with Crippen molar-refractivity contribution in [2.75, 3.05) is 11.6 Å². The molecular weight excluding hydrogens is 258 g/mol. The Bertz CT molecular complexity index is 611. The van der Waals surface area contributed by atoms with Crippen LogP contribution in [0.1, 0.15) is 15.9 Å². The minimum absolute atomic E-state index is 0.0287. The van der Waals surface area contributed by atoms with Gasteiger partial charge in [0.25, 0.3) is 5.91 Å². The zero-order valence-corrected chi connectivity index (χ0v) is 11.6. The van der Waals surface area contributed by atoms with Gasteiger partial charge in [0, 0.05) is 10.6 Å². The van der Waals surface area contributed by atoms with E-state index in [0.29, 0.717) is 5.56 Å². The van der Waals surface area contributed by atoms with E-state index in [1.54, 1.807) is 36.9 Å². The Hall–Kier alpha value is -1.94. The van der Waals surface area contributed by atoms with Gasteiger partial charge in [-0.1, -0.05) is 18.2 Å². The van der Waals surface area contributed by atoms with Crippen molar-refractivity contribution in [3.05, 3.63) is 53.6 Å². The second-order valence-corrected chi connectivity index (χ2v) is 5.04. The molecule has 0 saturated carbocycles. The summed E-state index contributed by atoms with van der Waals surface area (Å²) in [5, 5.41) is 12.7. The maximum absolute atomic E-state index is 12.1. The first-order valence-electron chi connectivity index (χ1n) is 5.86. The molecule has 2 aromatic carbocycles. The van der Waals surface area contributed by atoms with Gasteiger partial charge in [-0.05, 0) is 43.0 Å². The van der Waals surface area contributed by atoms with Gasteiger partial charge in [-0.15, -0.1) is 11.8 Å². The largest absolute Gasteiger partial charge is 0.507 e. The van der Waals surface area contributed by atoms with Crippen molar-refractivity contribution in [3.8, 4) is 5.75 Å². The number of hydrogen-bond donors (Lipinski definition) is 2. The van der Waals surface area contributed by atoms with Crippen molar-refractivity contribution in [2.45, 2.75) is 11.8 Å². The minimum atomic E-state index is -0.306. The van der Waals surface area contributed by atoms with Crippen molar-refractivity contribution in [3.63, 3.8) is 0 Å². The number of nitrogens with one attached hydrogen (secondary N) is 1. The average Bonchev–Trinajstić information content (AvgIpc) is 2.42. The summed E-state index contributed by atoms with van der Waals surface area (Å²) in [4.78, 5) is 13.2. The predicted molar refractivity (Wildman–Crippen MR) is 79.0 cm³/mol. The molecule has 0 atom stereocenters. The number of carbonyl (C=O) groups is 1. The summed E-state index contributed by atoms with van der Waals surface area (Å²) in [6, 6.07) is 12.7. The number of para-hydroxylation sites is 1. The molecule has 0 fully saturated rings. The maximum atomic E-state index is 12.1. The maximum Gasteiger partial charge on any atom is 0.259 e. The molecule has 0 bridgehead atoms. The molecule has 0 saturated heterocycles. The number of rotatable bonds is 3. The lowest BCUT2D eigenvalue weighted by Crippen LogP contribution is -2.12. The van der Waals surface area contributed by atoms with Crippen LogP contribution in [0, 0.1) is 6.92 Å². The van der Waals surface area contributed by atoms with E-state index < -0.39 is 0 Å². The van der Waals surface area contributed by atoms with Crippen LogP contribution in [0.2, 0.25) is 0 Å². The number of thioether (sulfide) groups is 1. The Kier molecular flexibility index (Phi) is 4.12. The molecule has 2 N–H and O–H groups in total. The predicted octanol–water partition coefficient (Wildman–Crippen LogP) is 3.67. The molecule has 19 heavy (non-hydrogen) atoms. The molecule has 4 heteroatoms. The highest BCUT2D eigenvalue weighted by Gasteiger charge is 2.12. The molecule has 0 aliphatic rings. The van der Waals surface area contributed by atoms with E-state index in [0.717, 1.165) is 10.6 Å². The molecule has 98 valence electrons. The molecule has 0 aromatic heterocycles. The van der Waals surface area contributed by atoms with Crippen molar-refractivity contribution in [1.29, 1.82) is 0 Å². The third-order valence-corrected chi connectivity index (χ3v) is 3.54. The van der Waals surface area contributed by atoms with Gasteiger partial charge < -0.3 is 10.4 Å². The first-order chi connectivity index (χ1) is 9.11. The van der Waals surface area contributed by atoms with Gasteiger partial charge in [0.2, 0.25) is 0 Å². The molecule has 3 nitrogen and oxygen atoms in total. The Morgan fingerprint density at radius 1 is 1.21 bits per heavy atom. The van der Waals surface area contributed by atoms with Crippen LogP contribution in [0.5, 0.6) is 5.75 Å². The normalized spacial score (nSPS) is 10.2. The van der Waals surface area contributed by atoms with Gasteiger partial charge in [-0.25, -0.2) is 0 Å². The topological polar surface area (TPSA) is 49.3 Å². The van der Waals surface area contributed by atoms with Crippen LogP contribution >= 0.6 is 11.8 Å². The number of amides is 1. The van der Waals surface area contributed by atoms with E-state index in [1.807, 2.05) is 30.5 Å². The number of carbonyl (C=O) groups excluding carboxylic acids is 1. The second kappa shape index (κ2) is 5.80. The smallest absolute Gasteiger partial charge is 0.259 e. The van der Waals surface area contributed by atoms with Crippen molar-refractivity contribution in [2.24, 2.45) is 0 Å². The summed E-state index contributed by atoms with van der Waals surface area (Å²) >= 11 is 1.61. The molecule has 2 aromatic rings. The Morgan fingerprint density at radius 3 is 2.68 bits per heavy atom. The van der Waals surface area contributed by atoms with Crippen LogP contribution in [0.15, 0.2) is 47.4 Å². The summed E-state index contributed by atoms with van der Waals surface area (Å²) in [5.41, 5.74) is 1.69. The number of benzene rings is 2. The van der Waals surface area contributed by atoms with E-state index in [4.69, 9.17) is 0 Å². The lowest BCUT2D eigenvalue weighted by Gasteiger charge is -2.09. The van der Waals surface area contributed by atoms with Gasteiger partial charge in [-0.2, -0.15) is 0 Å².